The minimum absolute atomic E-state index is 0.0980. The molecule has 2 rings (SSSR count). The highest BCUT2D eigenvalue weighted by Gasteiger charge is 2.50. The molecular weight excluding hydrogens is 291 g/mol. The van der Waals surface area contributed by atoms with E-state index in [0.29, 0.717) is 12.8 Å². The summed E-state index contributed by atoms with van der Waals surface area (Å²) in [6.07, 6.45) is 1.15. The molecule has 0 atom stereocenters. The van der Waals surface area contributed by atoms with Crippen LogP contribution in [0.4, 0.5) is 5.69 Å². The molecule has 1 aromatic carbocycles. The van der Waals surface area contributed by atoms with Crippen molar-refractivity contribution < 1.29 is 14.7 Å². The molecule has 1 amide bonds. The molecule has 1 aromatic rings. The standard InChI is InChI=1S/C12H12Cl2N2O3/c13-7-3-6(4-8(14)9(7)15)10(17)16-5-12(1-2-12)11(18)19/h3-4H,1-2,5,15H2,(H,16,17)(H,18,19). The molecule has 0 heterocycles. The molecule has 1 aliphatic carbocycles. The second-order valence-corrected chi connectivity index (χ2v) is 5.44. The van der Waals surface area contributed by atoms with E-state index in [-0.39, 0.29) is 27.8 Å². The molecule has 7 heteroatoms. The van der Waals surface area contributed by atoms with E-state index < -0.39 is 17.3 Å². The van der Waals surface area contributed by atoms with Crippen LogP contribution < -0.4 is 11.1 Å². The second-order valence-electron chi connectivity index (χ2n) is 4.62. The maximum absolute atomic E-state index is 11.9. The van der Waals surface area contributed by atoms with Crippen molar-refractivity contribution in [2.24, 2.45) is 5.41 Å². The van der Waals surface area contributed by atoms with Crippen molar-refractivity contribution in [1.29, 1.82) is 0 Å². The first-order chi connectivity index (χ1) is 8.85. The summed E-state index contributed by atoms with van der Waals surface area (Å²) >= 11 is 11.7. The molecule has 0 unspecified atom stereocenters. The third kappa shape index (κ3) is 2.77. The van der Waals surface area contributed by atoms with Crippen LogP contribution in [0.15, 0.2) is 12.1 Å². The summed E-state index contributed by atoms with van der Waals surface area (Å²) in [6.45, 7) is 0.0980. The molecule has 0 radical (unpaired) electrons. The molecule has 1 fully saturated rings. The van der Waals surface area contributed by atoms with Gasteiger partial charge in [0.2, 0.25) is 0 Å². The van der Waals surface area contributed by atoms with Gasteiger partial charge in [0, 0.05) is 12.1 Å². The third-order valence-corrected chi connectivity index (χ3v) is 3.86. The predicted octanol–water partition coefficient (Wildman–Crippen LogP) is 2.17. The van der Waals surface area contributed by atoms with Crippen LogP contribution in [0, 0.1) is 5.41 Å². The number of benzene rings is 1. The summed E-state index contributed by atoms with van der Waals surface area (Å²) < 4.78 is 0. The average molecular weight is 303 g/mol. The number of carbonyl (C=O) groups is 2. The van der Waals surface area contributed by atoms with E-state index in [9.17, 15) is 9.59 Å². The van der Waals surface area contributed by atoms with Gasteiger partial charge in [-0.15, -0.1) is 0 Å². The summed E-state index contributed by atoms with van der Waals surface area (Å²) in [5, 5.41) is 12.0. The van der Waals surface area contributed by atoms with Crippen LogP contribution >= 0.6 is 23.2 Å². The van der Waals surface area contributed by atoms with Crippen molar-refractivity contribution in [2.75, 3.05) is 12.3 Å². The fourth-order valence-corrected chi connectivity index (χ4v) is 2.17. The summed E-state index contributed by atoms with van der Waals surface area (Å²) in [5.41, 5.74) is 5.23. The molecule has 0 spiro atoms. The number of nitrogen functional groups attached to an aromatic ring is 1. The molecule has 4 N–H and O–H groups in total. The summed E-state index contributed by atoms with van der Waals surface area (Å²) in [4.78, 5) is 22.9. The van der Waals surface area contributed by atoms with Crippen LogP contribution in [0.3, 0.4) is 0 Å². The van der Waals surface area contributed by atoms with Crippen LogP contribution in [-0.4, -0.2) is 23.5 Å². The lowest BCUT2D eigenvalue weighted by Crippen LogP contribution is -2.34. The lowest BCUT2D eigenvalue weighted by molar-refractivity contribution is -0.143. The van der Waals surface area contributed by atoms with Crippen molar-refractivity contribution in [3.63, 3.8) is 0 Å². The van der Waals surface area contributed by atoms with Crippen LogP contribution in [0.25, 0.3) is 0 Å². The van der Waals surface area contributed by atoms with Crippen molar-refractivity contribution in [2.45, 2.75) is 12.8 Å². The molecule has 5 nitrogen and oxygen atoms in total. The number of halogens is 2. The van der Waals surface area contributed by atoms with Gasteiger partial charge in [0.05, 0.1) is 21.1 Å². The molecular formula is C12H12Cl2N2O3. The number of carboxylic acids is 1. The first-order valence-electron chi connectivity index (χ1n) is 5.62. The number of carboxylic acid groups (broad SMARTS) is 1. The van der Waals surface area contributed by atoms with Gasteiger partial charge in [-0.05, 0) is 25.0 Å². The number of carbonyl (C=O) groups excluding carboxylic acids is 1. The van der Waals surface area contributed by atoms with Gasteiger partial charge in [-0.1, -0.05) is 23.2 Å². The monoisotopic (exact) mass is 302 g/mol. The number of nitrogens with one attached hydrogen (secondary N) is 1. The van der Waals surface area contributed by atoms with Crippen molar-refractivity contribution in [3.8, 4) is 0 Å². The molecule has 0 bridgehead atoms. The minimum Gasteiger partial charge on any atom is -0.481 e. The molecule has 102 valence electrons. The fourth-order valence-electron chi connectivity index (χ4n) is 1.68. The van der Waals surface area contributed by atoms with Gasteiger partial charge in [0.1, 0.15) is 0 Å². The Morgan fingerprint density at radius 2 is 1.84 bits per heavy atom. The predicted molar refractivity (Wildman–Crippen MR) is 72.5 cm³/mol. The van der Waals surface area contributed by atoms with E-state index in [4.69, 9.17) is 34.0 Å². The van der Waals surface area contributed by atoms with E-state index in [0.717, 1.165) is 0 Å². The molecule has 1 saturated carbocycles. The number of hydrogen-bond donors (Lipinski definition) is 3. The molecule has 0 aromatic heterocycles. The van der Waals surface area contributed by atoms with E-state index in [1.807, 2.05) is 0 Å². The number of amides is 1. The van der Waals surface area contributed by atoms with Crippen LogP contribution in [0.1, 0.15) is 23.2 Å². The number of anilines is 1. The minimum atomic E-state index is -0.888. The van der Waals surface area contributed by atoms with Gasteiger partial charge in [-0.25, -0.2) is 0 Å². The van der Waals surface area contributed by atoms with Crippen LogP contribution in [0.2, 0.25) is 10.0 Å². The van der Waals surface area contributed by atoms with Gasteiger partial charge in [-0.3, -0.25) is 9.59 Å². The zero-order valence-corrected chi connectivity index (χ0v) is 11.4. The smallest absolute Gasteiger partial charge is 0.311 e. The number of hydrogen-bond acceptors (Lipinski definition) is 3. The SMILES string of the molecule is Nc1c(Cl)cc(C(=O)NCC2(C(=O)O)CC2)cc1Cl. The highest BCUT2D eigenvalue weighted by atomic mass is 35.5. The largest absolute Gasteiger partial charge is 0.481 e. The molecule has 19 heavy (non-hydrogen) atoms. The van der Waals surface area contributed by atoms with E-state index in [1.165, 1.54) is 12.1 Å². The van der Waals surface area contributed by atoms with Crippen LogP contribution in [-0.2, 0) is 4.79 Å². The first kappa shape index (κ1) is 14.0. The Bertz CT molecular complexity index is 533. The van der Waals surface area contributed by atoms with E-state index in [2.05, 4.69) is 5.32 Å². The van der Waals surface area contributed by atoms with Gasteiger partial charge < -0.3 is 16.2 Å². The maximum atomic E-state index is 11.9. The summed E-state index contributed by atoms with van der Waals surface area (Å²) in [5.74, 6) is -1.31. The third-order valence-electron chi connectivity index (χ3n) is 3.24. The van der Waals surface area contributed by atoms with E-state index in [1.54, 1.807) is 0 Å². The first-order valence-corrected chi connectivity index (χ1v) is 6.37. The Labute approximate surface area is 119 Å². The summed E-state index contributed by atoms with van der Waals surface area (Å²) in [6, 6.07) is 2.80. The zero-order chi connectivity index (χ0) is 14.2. The van der Waals surface area contributed by atoms with Gasteiger partial charge in [0.15, 0.2) is 0 Å². The zero-order valence-electron chi connectivity index (χ0n) is 9.87. The van der Waals surface area contributed by atoms with E-state index >= 15 is 0 Å². The Morgan fingerprint density at radius 1 is 1.32 bits per heavy atom. The topological polar surface area (TPSA) is 92.4 Å². The Balaban J connectivity index is 2.07. The normalized spacial score (nSPS) is 15.9. The molecule has 1 aliphatic rings. The fraction of sp³-hybridized carbons (Fsp3) is 0.333. The highest BCUT2D eigenvalue weighted by molar-refractivity contribution is 6.39. The second kappa shape index (κ2) is 4.90. The number of nitrogens with two attached hydrogens (primary N) is 1. The van der Waals surface area contributed by atoms with Gasteiger partial charge >= 0.3 is 5.97 Å². The molecule has 0 saturated heterocycles. The molecule has 0 aliphatic heterocycles. The lowest BCUT2D eigenvalue weighted by Gasteiger charge is -2.12. The van der Waals surface area contributed by atoms with Crippen molar-refractivity contribution >= 4 is 40.8 Å². The average Bonchev–Trinajstić information content (AvgIpc) is 3.13. The lowest BCUT2D eigenvalue weighted by atomic mass is 10.1. The quantitative estimate of drug-likeness (QED) is 0.743. The van der Waals surface area contributed by atoms with Crippen molar-refractivity contribution in [3.05, 3.63) is 27.7 Å². The number of aliphatic carboxylic acids is 1. The Hall–Kier alpha value is -1.46. The van der Waals surface area contributed by atoms with Crippen molar-refractivity contribution in [1.82, 2.24) is 5.32 Å². The summed E-state index contributed by atoms with van der Waals surface area (Å²) in [7, 11) is 0. The van der Waals surface area contributed by atoms with Gasteiger partial charge in [-0.2, -0.15) is 0 Å². The Kier molecular flexibility index (Phi) is 3.60. The maximum Gasteiger partial charge on any atom is 0.311 e. The Morgan fingerprint density at radius 3 is 2.26 bits per heavy atom. The van der Waals surface area contributed by atoms with Gasteiger partial charge in [0.25, 0.3) is 5.91 Å². The highest BCUT2D eigenvalue weighted by Crippen LogP contribution is 2.45. The number of rotatable bonds is 4. The van der Waals surface area contributed by atoms with Crippen LogP contribution in [0.5, 0.6) is 0 Å².